The zero-order valence-electron chi connectivity index (χ0n) is 11.7. The first kappa shape index (κ1) is 14.1. The van der Waals surface area contributed by atoms with Crippen molar-refractivity contribution in [3.63, 3.8) is 0 Å². The molecular formula is C16H16BrN3O. The number of benzene rings is 2. The fourth-order valence-electron chi connectivity index (χ4n) is 2.34. The van der Waals surface area contributed by atoms with Gasteiger partial charge in [-0.15, -0.1) is 0 Å². The topological polar surface area (TPSA) is 53.1 Å². The van der Waals surface area contributed by atoms with Crippen LogP contribution in [0.5, 0.6) is 5.75 Å². The maximum atomic E-state index is 5.86. The number of para-hydroxylation sites is 1. The molecule has 0 unspecified atom stereocenters. The molecule has 0 atom stereocenters. The van der Waals surface area contributed by atoms with E-state index < -0.39 is 0 Å². The van der Waals surface area contributed by atoms with Gasteiger partial charge in [0.2, 0.25) is 0 Å². The Morgan fingerprint density at radius 1 is 1.24 bits per heavy atom. The Hall–Kier alpha value is -1.85. The van der Waals surface area contributed by atoms with E-state index in [4.69, 9.17) is 10.5 Å². The first-order valence-corrected chi connectivity index (χ1v) is 7.50. The van der Waals surface area contributed by atoms with Gasteiger partial charge in [0.1, 0.15) is 18.1 Å². The van der Waals surface area contributed by atoms with Gasteiger partial charge in [0.25, 0.3) is 0 Å². The maximum Gasteiger partial charge on any atom is 0.133 e. The smallest absolute Gasteiger partial charge is 0.133 e. The van der Waals surface area contributed by atoms with Crippen LogP contribution in [0.4, 0.5) is 0 Å². The molecule has 2 N–H and O–H groups in total. The number of hydrogen-bond acceptors (Lipinski definition) is 3. The zero-order valence-corrected chi connectivity index (χ0v) is 13.3. The van der Waals surface area contributed by atoms with Crippen LogP contribution >= 0.6 is 15.9 Å². The van der Waals surface area contributed by atoms with Gasteiger partial charge in [-0.3, -0.25) is 4.68 Å². The van der Waals surface area contributed by atoms with Crippen LogP contribution < -0.4 is 10.5 Å². The minimum absolute atomic E-state index is 0.437. The Balaban J connectivity index is 1.83. The number of halogens is 1. The van der Waals surface area contributed by atoms with Crippen LogP contribution in [0.15, 0.2) is 46.9 Å². The number of rotatable bonds is 4. The molecule has 0 aliphatic carbocycles. The second-order valence-electron chi connectivity index (χ2n) is 4.83. The van der Waals surface area contributed by atoms with Gasteiger partial charge in [-0.05, 0) is 29.8 Å². The summed E-state index contributed by atoms with van der Waals surface area (Å²) in [6.45, 7) is 0.914. The molecule has 21 heavy (non-hydrogen) atoms. The number of nitrogens with two attached hydrogens (primary N) is 1. The standard InChI is InChI=1S/C16H16BrN3O/c1-20-16-5-3-2-4-13(16)15(19-20)10-21-12-6-7-14(17)11(8-12)9-18/h2-8H,9-10,18H2,1H3. The van der Waals surface area contributed by atoms with Crippen molar-refractivity contribution in [3.05, 3.63) is 58.2 Å². The van der Waals surface area contributed by atoms with Gasteiger partial charge < -0.3 is 10.5 Å². The normalized spacial score (nSPS) is 11.0. The third kappa shape index (κ3) is 2.80. The van der Waals surface area contributed by atoms with E-state index >= 15 is 0 Å². The molecule has 0 radical (unpaired) electrons. The molecule has 0 amide bonds. The third-order valence-electron chi connectivity index (χ3n) is 3.45. The number of ether oxygens (including phenoxy) is 1. The second-order valence-corrected chi connectivity index (χ2v) is 5.69. The average molecular weight is 346 g/mol. The monoisotopic (exact) mass is 345 g/mol. The van der Waals surface area contributed by atoms with Crippen molar-refractivity contribution < 1.29 is 4.74 Å². The lowest BCUT2D eigenvalue weighted by molar-refractivity contribution is 0.301. The molecule has 0 saturated heterocycles. The maximum absolute atomic E-state index is 5.86. The molecular weight excluding hydrogens is 330 g/mol. The van der Waals surface area contributed by atoms with Gasteiger partial charge >= 0.3 is 0 Å². The quantitative estimate of drug-likeness (QED) is 0.788. The van der Waals surface area contributed by atoms with Crippen molar-refractivity contribution in [1.29, 1.82) is 0 Å². The molecule has 1 heterocycles. The van der Waals surface area contributed by atoms with Crippen molar-refractivity contribution in [1.82, 2.24) is 9.78 Å². The van der Waals surface area contributed by atoms with Crippen LogP contribution in [0.25, 0.3) is 10.9 Å². The molecule has 2 aromatic carbocycles. The number of aryl methyl sites for hydroxylation is 1. The van der Waals surface area contributed by atoms with E-state index in [0.717, 1.165) is 32.4 Å². The van der Waals surface area contributed by atoms with Crippen LogP contribution in [0.1, 0.15) is 11.3 Å². The lowest BCUT2D eigenvalue weighted by Gasteiger charge is -2.07. The van der Waals surface area contributed by atoms with Gasteiger partial charge in [-0.25, -0.2) is 0 Å². The lowest BCUT2D eigenvalue weighted by atomic mass is 10.2. The third-order valence-corrected chi connectivity index (χ3v) is 4.22. The highest BCUT2D eigenvalue weighted by Gasteiger charge is 2.09. The Morgan fingerprint density at radius 3 is 2.86 bits per heavy atom. The molecule has 0 bridgehead atoms. The van der Waals surface area contributed by atoms with Gasteiger partial charge in [0.15, 0.2) is 0 Å². The van der Waals surface area contributed by atoms with E-state index in [1.54, 1.807) is 0 Å². The molecule has 4 nitrogen and oxygen atoms in total. The fourth-order valence-corrected chi connectivity index (χ4v) is 2.75. The first-order valence-electron chi connectivity index (χ1n) is 6.71. The van der Waals surface area contributed by atoms with E-state index in [-0.39, 0.29) is 0 Å². The highest BCUT2D eigenvalue weighted by molar-refractivity contribution is 9.10. The van der Waals surface area contributed by atoms with Crippen LogP contribution in [0.3, 0.4) is 0 Å². The Bertz CT molecular complexity index is 782. The fraction of sp³-hybridized carbons (Fsp3) is 0.188. The summed E-state index contributed by atoms with van der Waals surface area (Å²) >= 11 is 3.47. The number of fused-ring (bicyclic) bond motifs is 1. The Morgan fingerprint density at radius 2 is 2.05 bits per heavy atom. The summed E-state index contributed by atoms with van der Waals surface area (Å²) in [6.07, 6.45) is 0. The minimum Gasteiger partial charge on any atom is -0.487 e. The summed E-state index contributed by atoms with van der Waals surface area (Å²) < 4.78 is 8.74. The number of aromatic nitrogens is 2. The van der Waals surface area contributed by atoms with Crippen LogP contribution in [0, 0.1) is 0 Å². The summed E-state index contributed by atoms with van der Waals surface area (Å²) in [5.41, 5.74) is 8.77. The molecule has 5 heteroatoms. The predicted octanol–water partition coefficient (Wildman–Crippen LogP) is 3.37. The van der Waals surface area contributed by atoms with Gasteiger partial charge in [-0.1, -0.05) is 34.1 Å². The second kappa shape index (κ2) is 5.87. The molecule has 1 aromatic heterocycles. The first-order chi connectivity index (χ1) is 10.2. The van der Waals surface area contributed by atoms with E-state index in [9.17, 15) is 0 Å². The molecule has 0 spiro atoms. The zero-order chi connectivity index (χ0) is 14.8. The number of nitrogens with zero attached hydrogens (tertiary/aromatic N) is 2. The van der Waals surface area contributed by atoms with Crippen LogP contribution in [-0.4, -0.2) is 9.78 Å². The van der Waals surface area contributed by atoms with E-state index in [0.29, 0.717) is 13.2 Å². The van der Waals surface area contributed by atoms with Crippen molar-refractivity contribution in [2.24, 2.45) is 12.8 Å². The summed E-state index contributed by atoms with van der Waals surface area (Å²) in [5, 5.41) is 5.64. The van der Waals surface area contributed by atoms with Crippen molar-refractivity contribution >= 4 is 26.8 Å². The summed E-state index contributed by atoms with van der Waals surface area (Å²) in [6, 6.07) is 14.0. The lowest BCUT2D eigenvalue weighted by Crippen LogP contribution is -2.01. The largest absolute Gasteiger partial charge is 0.487 e. The molecule has 0 fully saturated rings. The SMILES string of the molecule is Cn1nc(COc2ccc(Br)c(CN)c2)c2ccccc21. The Labute approximate surface area is 131 Å². The molecule has 3 aromatic rings. The van der Waals surface area contributed by atoms with Crippen molar-refractivity contribution in [2.45, 2.75) is 13.2 Å². The van der Waals surface area contributed by atoms with Gasteiger partial charge in [0, 0.05) is 23.5 Å². The summed E-state index contributed by atoms with van der Waals surface area (Å²) in [7, 11) is 1.94. The predicted molar refractivity (Wildman–Crippen MR) is 87.1 cm³/mol. The van der Waals surface area contributed by atoms with Gasteiger partial charge in [-0.2, -0.15) is 5.10 Å². The molecule has 0 saturated carbocycles. The van der Waals surface area contributed by atoms with E-state index in [2.05, 4.69) is 33.2 Å². The van der Waals surface area contributed by atoms with E-state index in [1.807, 2.05) is 42.1 Å². The summed E-state index contributed by atoms with van der Waals surface area (Å²) in [4.78, 5) is 0. The average Bonchev–Trinajstić information content (AvgIpc) is 2.83. The minimum atomic E-state index is 0.437. The molecule has 0 aliphatic rings. The van der Waals surface area contributed by atoms with E-state index in [1.165, 1.54) is 0 Å². The highest BCUT2D eigenvalue weighted by Crippen LogP contribution is 2.24. The Kier molecular flexibility index (Phi) is 3.94. The van der Waals surface area contributed by atoms with Crippen molar-refractivity contribution in [2.75, 3.05) is 0 Å². The molecule has 3 rings (SSSR count). The van der Waals surface area contributed by atoms with Crippen molar-refractivity contribution in [3.8, 4) is 5.75 Å². The highest BCUT2D eigenvalue weighted by atomic mass is 79.9. The van der Waals surface area contributed by atoms with Crippen LogP contribution in [0.2, 0.25) is 0 Å². The summed E-state index contributed by atoms with van der Waals surface area (Å²) in [5.74, 6) is 0.799. The van der Waals surface area contributed by atoms with Gasteiger partial charge in [0.05, 0.1) is 5.52 Å². The van der Waals surface area contributed by atoms with Crippen LogP contribution in [-0.2, 0) is 20.2 Å². The molecule has 0 aliphatic heterocycles. The number of hydrogen-bond donors (Lipinski definition) is 1. The molecule has 108 valence electrons.